The van der Waals surface area contributed by atoms with E-state index < -0.39 is 0 Å². The van der Waals surface area contributed by atoms with Gasteiger partial charge < -0.3 is 14.4 Å². The molecule has 1 aromatic carbocycles. The number of hydrogen-bond acceptors (Lipinski definition) is 3. The Morgan fingerprint density at radius 3 is 2.47 bits per heavy atom. The van der Waals surface area contributed by atoms with Crippen LogP contribution in [0.5, 0.6) is 11.5 Å². The van der Waals surface area contributed by atoms with Gasteiger partial charge in [-0.25, -0.2) is 0 Å². The second-order valence-corrected chi connectivity index (χ2v) is 5.04. The average Bonchev–Trinajstić information content (AvgIpc) is 2.46. The molecular weight excluding hydrogens is 242 g/mol. The summed E-state index contributed by atoms with van der Waals surface area (Å²) < 4.78 is 10.7. The summed E-state index contributed by atoms with van der Waals surface area (Å²) in [5, 5.41) is 0. The molecule has 0 spiro atoms. The molecule has 104 valence electrons. The van der Waals surface area contributed by atoms with Crippen molar-refractivity contribution in [3.05, 3.63) is 23.3 Å². The Morgan fingerprint density at radius 2 is 1.95 bits per heavy atom. The number of hydrogen-bond donors (Lipinski definition) is 0. The summed E-state index contributed by atoms with van der Waals surface area (Å²) in [5.41, 5.74) is 2.13. The monoisotopic (exact) mass is 263 g/mol. The summed E-state index contributed by atoms with van der Waals surface area (Å²) >= 11 is 0. The number of methoxy groups -OCH3 is 2. The summed E-state index contributed by atoms with van der Waals surface area (Å²) in [6.45, 7) is 4.95. The average molecular weight is 263 g/mol. The molecule has 19 heavy (non-hydrogen) atoms. The van der Waals surface area contributed by atoms with Crippen LogP contribution in [0.2, 0.25) is 0 Å². The van der Waals surface area contributed by atoms with E-state index in [2.05, 4.69) is 13.8 Å². The molecule has 0 saturated carbocycles. The minimum atomic E-state index is -0.269. The molecule has 0 saturated heterocycles. The van der Waals surface area contributed by atoms with Gasteiger partial charge in [0.2, 0.25) is 6.41 Å². The smallest absolute Gasteiger partial charge is 0.210 e. The van der Waals surface area contributed by atoms with Crippen molar-refractivity contribution in [2.45, 2.75) is 32.2 Å². The van der Waals surface area contributed by atoms with Gasteiger partial charge in [0.15, 0.2) is 11.5 Å². The molecule has 4 heteroatoms. The maximum Gasteiger partial charge on any atom is 0.210 e. The van der Waals surface area contributed by atoms with Gasteiger partial charge in [0, 0.05) is 6.54 Å². The number of ether oxygens (including phenoxy) is 2. The van der Waals surface area contributed by atoms with E-state index in [-0.39, 0.29) is 5.54 Å². The molecule has 1 heterocycles. The third kappa shape index (κ3) is 2.05. The van der Waals surface area contributed by atoms with E-state index in [1.807, 2.05) is 17.0 Å². The van der Waals surface area contributed by atoms with Crippen LogP contribution >= 0.6 is 0 Å². The Bertz CT molecular complexity index is 487. The zero-order valence-corrected chi connectivity index (χ0v) is 12.0. The zero-order chi connectivity index (χ0) is 14.0. The molecule has 0 aliphatic carbocycles. The standard InChI is InChI=1S/C15H21NO3/c1-5-15(2)12-9-14(19-4)13(18-3)8-11(12)6-7-16(15)10-17/h8-10H,5-7H2,1-4H3. The van der Waals surface area contributed by atoms with Crippen molar-refractivity contribution in [2.24, 2.45) is 0 Å². The minimum Gasteiger partial charge on any atom is -0.493 e. The van der Waals surface area contributed by atoms with Crippen molar-refractivity contribution >= 4 is 6.41 Å². The van der Waals surface area contributed by atoms with Gasteiger partial charge in [-0.2, -0.15) is 0 Å². The molecule has 0 fully saturated rings. The van der Waals surface area contributed by atoms with E-state index in [1.54, 1.807) is 14.2 Å². The van der Waals surface area contributed by atoms with Crippen LogP contribution in [-0.4, -0.2) is 32.1 Å². The van der Waals surface area contributed by atoms with Crippen LogP contribution in [0, 0.1) is 0 Å². The highest BCUT2D eigenvalue weighted by Gasteiger charge is 2.37. The van der Waals surface area contributed by atoms with Crippen molar-refractivity contribution < 1.29 is 14.3 Å². The summed E-state index contributed by atoms with van der Waals surface area (Å²) in [6, 6.07) is 4.04. The minimum absolute atomic E-state index is 0.269. The Balaban J connectivity index is 2.59. The Labute approximate surface area is 114 Å². The predicted octanol–water partition coefficient (Wildman–Crippen LogP) is 2.34. The van der Waals surface area contributed by atoms with Gasteiger partial charge in [-0.05, 0) is 43.0 Å². The molecule has 0 radical (unpaired) electrons. The quantitative estimate of drug-likeness (QED) is 0.783. The van der Waals surface area contributed by atoms with Crippen LogP contribution in [0.25, 0.3) is 0 Å². The van der Waals surface area contributed by atoms with Gasteiger partial charge in [-0.3, -0.25) is 4.79 Å². The molecule has 1 unspecified atom stereocenters. The van der Waals surface area contributed by atoms with Gasteiger partial charge in [-0.15, -0.1) is 0 Å². The number of rotatable bonds is 4. The fourth-order valence-corrected chi connectivity index (χ4v) is 2.83. The first-order valence-electron chi connectivity index (χ1n) is 6.58. The molecule has 1 atom stereocenters. The van der Waals surface area contributed by atoms with E-state index in [4.69, 9.17) is 9.47 Å². The molecule has 0 aromatic heterocycles. The van der Waals surface area contributed by atoms with Gasteiger partial charge in [0.25, 0.3) is 0 Å². The van der Waals surface area contributed by atoms with Crippen molar-refractivity contribution in [2.75, 3.05) is 20.8 Å². The highest BCUT2D eigenvalue weighted by molar-refractivity contribution is 5.56. The van der Waals surface area contributed by atoms with Crippen molar-refractivity contribution in [3.63, 3.8) is 0 Å². The zero-order valence-electron chi connectivity index (χ0n) is 12.0. The third-order valence-corrected chi connectivity index (χ3v) is 4.26. The normalized spacial score (nSPS) is 21.8. The molecule has 2 rings (SSSR count). The molecule has 1 aliphatic heterocycles. The second kappa shape index (κ2) is 5.11. The highest BCUT2D eigenvalue weighted by Crippen LogP contribution is 2.42. The lowest BCUT2D eigenvalue weighted by Crippen LogP contribution is -2.47. The lowest BCUT2D eigenvalue weighted by molar-refractivity contribution is -0.124. The molecule has 1 aromatic rings. The van der Waals surface area contributed by atoms with Gasteiger partial charge >= 0.3 is 0 Å². The Hall–Kier alpha value is -1.71. The summed E-state index contributed by atoms with van der Waals surface area (Å²) in [4.78, 5) is 13.2. The first-order chi connectivity index (χ1) is 9.10. The SMILES string of the molecule is CCC1(C)c2cc(OC)c(OC)cc2CCN1C=O. The number of nitrogens with zero attached hydrogens (tertiary/aromatic N) is 1. The van der Waals surface area contributed by atoms with Crippen molar-refractivity contribution in [1.29, 1.82) is 0 Å². The first-order valence-corrected chi connectivity index (χ1v) is 6.58. The number of benzene rings is 1. The number of amides is 1. The number of carbonyl (C=O) groups excluding carboxylic acids is 1. The Morgan fingerprint density at radius 1 is 1.32 bits per heavy atom. The van der Waals surface area contributed by atoms with Crippen LogP contribution in [0.15, 0.2) is 12.1 Å². The maximum atomic E-state index is 11.3. The summed E-state index contributed by atoms with van der Waals surface area (Å²) in [7, 11) is 3.28. The molecule has 0 bridgehead atoms. The van der Waals surface area contributed by atoms with Crippen molar-refractivity contribution in [1.82, 2.24) is 4.90 Å². The first kappa shape index (κ1) is 13.7. The molecule has 1 amide bonds. The maximum absolute atomic E-state index is 11.3. The molecule has 0 N–H and O–H groups in total. The third-order valence-electron chi connectivity index (χ3n) is 4.26. The number of fused-ring (bicyclic) bond motifs is 1. The van der Waals surface area contributed by atoms with E-state index in [1.165, 1.54) is 5.56 Å². The van der Waals surface area contributed by atoms with Gasteiger partial charge in [0.05, 0.1) is 19.8 Å². The van der Waals surface area contributed by atoms with Gasteiger partial charge in [-0.1, -0.05) is 6.92 Å². The lowest BCUT2D eigenvalue weighted by atomic mass is 9.80. The van der Waals surface area contributed by atoms with E-state index in [0.717, 1.165) is 37.1 Å². The van der Waals surface area contributed by atoms with Gasteiger partial charge in [0.1, 0.15) is 0 Å². The fourth-order valence-electron chi connectivity index (χ4n) is 2.83. The predicted molar refractivity (Wildman–Crippen MR) is 73.7 cm³/mol. The topological polar surface area (TPSA) is 38.8 Å². The second-order valence-electron chi connectivity index (χ2n) is 5.04. The molecule has 4 nitrogen and oxygen atoms in total. The lowest BCUT2D eigenvalue weighted by Gasteiger charge is -2.44. The van der Waals surface area contributed by atoms with E-state index in [0.29, 0.717) is 5.75 Å². The van der Waals surface area contributed by atoms with Crippen molar-refractivity contribution in [3.8, 4) is 11.5 Å². The Kier molecular flexibility index (Phi) is 3.69. The molecular formula is C15H21NO3. The highest BCUT2D eigenvalue weighted by atomic mass is 16.5. The molecule has 1 aliphatic rings. The van der Waals surface area contributed by atoms with E-state index in [9.17, 15) is 4.79 Å². The summed E-state index contributed by atoms with van der Waals surface area (Å²) in [6.07, 6.45) is 2.67. The van der Waals surface area contributed by atoms with Crippen LogP contribution < -0.4 is 9.47 Å². The van der Waals surface area contributed by atoms with Crippen LogP contribution in [0.3, 0.4) is 0 Å². The largest absolute Gasteiger partial charge is 0.493 e. The van der Waals surface area contributed by atoms with Crippen LogP contribution in [-0.2, 0) is 16.8 Å². The fraction of sp³-hybridized carbons (Fsp3) is 0.533. The van der Waals surface area contributed by atoms with E-state index >= 15 is 0 Å². The summed E-state index contributed by atoms with van der Waals surface area (Å²) in [5.74, 6) is 1.47. The van der Waals surface area contributed by atoms with Crippen LogP contribution in [0.4, 0.5) is 0 Å². The number of carbonyl (C=O) groups is 1. The van der Waals surface area contributed by atoms with Crippen LogP contribution in [0.1, 0.15) is 31.4 Å².